The zero-order valence-corrected chi connectivity index (χ0v) is 11.0. The zero-order chi connectivity index (χ0) is 13.5. The summed E-state index contributed by atoms with van der Waals surface area (Å²) in [6.07, 6.45) is 3.76. The molecule has 0 radical (unpaired) electrons. The molecule has 1 aliphatic carbocycles. The molecule has 3 N–H and O–H groups in total. The van der Waals surface area contributed by atoms with Gasteiger partial charge in [0, 0.05) is 19.1 Å². The number of carboxylic acid groups (broad SMARTS) is 1. The third-order valence-corrected chi connectivity index (χ3v) is 4.59. The topological polar surface area (TPSA) is 66.6 Å². The van der Waals surface area contributed by atoms with Crippen molar-refractivity contribution < 1.29 is 9.90 Å². The van der Waals surface area contributed by atoms with E-state index < -0.39 is 11.5 Å². The average Bonchev–Trinajstić information content (AvgIpc) is 2.82. The number of benzene rings is 1. The van der Waals surface area contributed by atoms with Crippen molar-refractivity contribution in [1.82, 2.24) is 4.90 Å². The summed E-state index contributed by atoms with van der Waals surface area (Å²) in [5.74, 6) is -0.869. The number of carbonyl (C=O) groups is 1. The minimum atomic E-state index is -1.04. The summed E-state index contributed by atoms with van der Waals surface area (Å²) >= 11 is 0. The van der Waals surface area contributed by atoms with Crippen LogP contribution in [0.1, 0.15) is 24.0 Å². The average molecular weight is 260 g/mol. The smallest absolute Gasteiger partial charge is 0.325 e. The molecule has 0 amide bonds. The van der Waals surface area contributed by atoms with Crippen molar-refractivity contribution in [2.75, 3.05) is 13.1 Å². The van der Waals surface area contributed by atoms with Gasteiger partial charge in [-0.3, -0.25) is 9.69 Å². The predicted octanol–water partition coefficient (Wildman–Crippen LogP) is 1.03. The van der Waals surface area contributed by atoms with Gasteiger partial charge in [0.15, 0.2) is 0 Å². The van der Waals surface area contributed by atoms with Gasteiger partial charge in [-0.1, -0.05) is 24.3 Å². The van der Waals surface area contributed by atoms with Crippen LogP contribution in [0.15, 0.2) is 24.3 Å². The Morgan fingerprint density at radius 3 is 2.79 bits per heavy atom. The molecule has 0 aromatic heterocycles. The molecule has 2 aliphatic rings. The molecule has 1 aliphatic heterocycles. The molecule has 0 spiro atoms. The van der Waals surface area contributed by atoms with Crippen LogP contribution in [0, 0.1) is 0 Å². The molecule has 2 unspecified atom stereocenters. The first-order chi connectivity index (χ1) is 9.08. The highest BCUT2D eigenvalue weighted by Gasteiger charge is 2.43. The van der Waals surface area contributed by atoms with E-state index in [4.69, 9.17) is 5.73 Å². The molecule has 102 valence electrons. The third-order valence-electron chi connectivity index (χ3n) is 4.59. The monoisotopic (exact) mass is 260 g/mol. The maximum atomic E-state index is 11.2. The van der Waals surface area contributed by atoms with E-state index in [2.05, 4.69) is 29.2 Å². The second-order valence-corrected chi connectivity index (χ2v) is 5.85. The van der Waals surface area contributed by atoms with E-state index in [1.54, 1.807) is 0 Å². The second kappa shape index (κ2) is 4.62. The number of hydrogen-bond acceptors (Lipinski definition) is 3. The standard InChI is InChI=1S/C15H20N2O2/c16-15(14(18)19)7-8-17(10-15)13-6-5-11-3-1-2-4-12(11)9-13/h1-4,13H,5-10,16H2,(H,18,19). The Morgan fingerprint density at radius 2 is 2.11 bits per heavy atom. The van der Waals surface area contributed by atoms with E-state index in [0.29, 0.717) is 19.0 Å². The Bertz CT molecular complexity index is 503. The van der Waals surface area contributed by atoms with E-state index in [9.17, 15) is 9.90 Å². The first-order valence-electron chi connectivity index (χ1n) is 6.92. The number of likely N-dealkylation sites (tertiary alicyclic amines) is 1. The van der Waals surface area contributed by atoms with Gasteiger partial charge in [0.25, 0.3) is 0 Å². The lowest BCUT2D eigenvalue weighted by molar-refractivity contribution is -0.142. The molecule has 1 fully saturated rings. The van der Waals surface area contributed by atoms with Crippen molar-refractivity contribution in [3.05, 3.63) is 35.4 Å². The van der Waals surface area contributed by atoms with Gasteiger partial charge < -0.3 is 10.8 Å². The lowest BCUT2D eigenvalue weighted by Crippen LogP contribution is -2.51. The molecule has 4 nitrogen and oxygen atoms in total. The maximum Gasteiger partial charge on any atom is 0.325 e. The van der Waals surface area contributed by atoms with Gasteiger partial charge in [-0.25, -0.2) is 0 Å². The van der Waals surface area contributed by atoms with Crippen molar-refractivity contribution in [2.45, 2.75) is 37.3 Å². The molecule has 0 saturated carbocycles. The molecule has 0 bridgehead atoms. The van der Waals surface area contributed by atoms with Crippen molar-refractivity contribution in [2.24, 2.45) is 5.73 Å². The fourth-order valence-electron chi connectivity index (χ4n) is 3.34. The molecule has 2 atom stereocenters. The second-order valence-electron chi connectivity index (χ2n) is 5.85. The highest BCUT2D eigenvalue weighted by Crippen LogP contribution is 2.29. The van der Waals surface area contributed by atoms with E-state index in [0.717, 1.165) is 25.8 Å². The van der Waals surface area contributed by atoms with Gasteiger partial charge in [0.2, 0.25) is 0 Å². The van der Waals surface area contributed by atoms with E-state index in [1.165, 1.54) is 11.1 Å². The van der Waals surface area contributed by atoms with Gasteiger partial charge in [-0.2, -0.15) is 0 Å². The van der Waals surface area contributed by atoms with Crippen LogP contribution in [0.2, 0.25) is 0 Å². The molecule has 4 heteroatoms. The number of nitrogens with two attached hydrogens (primary N) is 1. The highest BCUT2D eigenvalue weighted by atomic mass is 16.4. The van der Waals surface area contributed by atoms with Crippen molar-refractivity contribution in [1.29, 1.82) is 0 Å². The fraction of sp³-hybridized carbons (Fsp3) is 0.533. The Labute approximate surface area is 113 Å². The minimum Gasteiger partial charge on any atom is -0.480 e. The number of hydrogen-bond donors (Lipinski definition) is 2. The van der Waals surface area contributed by atoms with Crippen molar-refractivity contribution in [3.8, 4) is 0 Å². The molecule has 1 aromatic carbocycles. The third kappa shape index (κ3) is 2.26. The fourth-order valence-corrected chi connectivity index (χ4v) is 3.34. The van der Waals surface area contributed by atoms with Gasteiger partial charge in [0.1, 0.15) is 5.54 Å². The Morgan fingerprint density at radius 1 is 1.37 bits per heavy atom. The molecule has 19 heavy (non-hydrogen) atoms. The largest absolute Gasteiger partial charge is 0.480 e. The van der Waals surface area contributed by atoms with Gasteiger partial charge in [0.05, 0.1) is 0 Å². The van der Waals surface area contributed by atoms with E-state index >= 15 is 0 Å². The van der Waals surface area contributed by atoms with Crippen molar-refractivity contribution in [3.63, 3.8) is 0 Å². The van der Waals surface area contributed by atoms with Crippen molar-refractivity contribution >= 4 is 5.97 Å². The number of aliphatic carboxylic acids is 1. The van der Waals surface area contributed by atoms with Crippen LogP contribution in [-0.4, -0.2) is 40.6 Å². The normalized spacial score (nSPS) is 31.1. The minimum absolute atomic E-state index is 0.444. The van der Waals surface area contributed by atoms with Crippen LogP contribution < -0.4 is 5.73 Å². The van der Waals surface area contributed by atoms with Crippen LogP contribution in [-0.2, 0) is 17.6 Å². The molecule has 1 saturated heterocycles. The van der Waals surface area contributed by atoms with Crippen LogP contribution >= 0.6 is 0 Å². The van der Waals surface area contributed by atoms with Gasteiger partial charge >= 0.3 is 5.97 Å². The first kappa shape index (κ1) is 12.6. The summed E-state index contributed by atoms with van der Waals surface area (Å²) in [5, 5.41) is 9.19. The summed E-state index contributed by atoms with van der Waals surface area (Å²) in [5.41, 5.74) is 7.75. The number of fused-ring (bicyclic) bond motifs is 1. The maximum absolute atomic E-state index is 11.2. The number of rotatable bonds is 2. The lowest BCUT2D eigenvalue weighted by atomic mass is 9.87. The van der Waals surface area contributed by atoms with Gasteiger partial charge in [-0.05, 0) is 36.8 Å². The zero-order valence-electron chi connectivity index (χ0n) is 11.0. The van der Waals surface area contributed by atoms with Gasteiger partial charge in [-0.15, -0.1) is 0 Å². The van der Waals surface area contributed by atoms with Crippen LogP contribution in [0.25, 0.3) is 0 Å². The Kier molecular flexibility index (Phi) is 3.07. The van der Waals surface area contributed by atoms with E-state index in [-0.39, 0.29) is 0 Å². The van der Waals surface area contributed by atoms with Crippen LogP contribution in [0.4, 0.5) is 0 Å². The Hall–Kier alpha value is -1.39. The quantitative estimate of drug-likeness (QED) is 0.833. The highest BCUT2D eigenvalue weighted by molar-refractivity contribution is 5.79. The number of aryl methyl sites for hydroxylation is 1. The predicted molar refractivity (Wildman–Crippen MR) is 73.0 cm³/mol. The van der Waals surface area contributed by atoms with E-state index in [1.807, 2.05) is 0 Å². The Balaban J connectivity index is 1.71. The van der Waals surface area contributed by atoms with Crippen LogP contribution in [0.3, 0.4) is 0 Å². The molecule has 3 rings (SSSR count). The van der Waals surface area contributed by atoms with Crippen LogP contribution in [0.5, 0.6) is 0 Å². The number of nitrogens with zero attached hydrogens (tertiary/aromatic N) is 1. The molecular formula is C15H20N2O2. The summed E-state index contributed by atoms with van der Waals surface area (Å²) in [4.78, 5) is 13.5. The molecule has 1 heterocycles. The molecular weight excluding hydrogens is 240 g/mol. The summed E-state index contributed by atoms with van der Waals surface area (Å²) < 4.78 is 0. The number of carboxylic acids is 1. The lowest BCUT2D eigenvalue weighted by Gasteiger charge is -2.33. The first-order valence-corrected chi connectivity index (χ1v) is 6.92. The SMILES string of the molecule is NC1(C(=O)O)CCN(C2CCc3ccccc3C2)C1. The summed E-state index contributed by atoms with van der Waals surface area (Å²) in [6.45, 7) is 1.28. The summed E-state index contributed by atoms with van der Waals surface area (Å²) in [6, 6.07) is 8.99. The molecule has 1 aromatic rings. The summed E-state index contributed by atoms with van der Waals surface area (Å²) in [7, 11) is 0.